The lowest BCUT2D eigenvalue weighted by atomic mass is 10.0. The second-order valence-electron chi connectivity index (χ2n) is 4.28. The second-order valence-corrected chi connectivity index (χ2v) is 4.28. The third-order valence-electron chi connectivity index (χ3n) is 2.86. The van der Waals surface area contributed by atoms with Gasteiger partial charge in [0.15, 0.2) is 5.92 Å². The van der Waals surface area contributed by atoms with Crippen LogP contribution in [0.25, 0.3) is 0 Å². The summed E-state index contributed by atoms with van der Waals surface area (Å²) in [5.74, 6) is -2.01. The maximum absolute atomic E-state index is 11.4. The number of methoxy groups -OCH3 is 2. The number of hydrogen-bond donors (Lipinski definition) is 0. The van der Waals surface area contributed by atoms with Crippen molar-refractivity contribution in [3.8, 4) is 0 Å². The molecule has 0 fully saturated rings. The third-order valence-corrected chi connectivity index (χ3v) is 2.86. The van der Waals surface area contributed by atoms with Crippen LogP contribution in [0.2, 0.25) is 0 Å². The van der Waals surface area contributed by atoms with Gasteiger partial charge in [0.2, 0.25) is 0 Å². The van der Waals surface area contributed by atoms with Gasteiger partial charge in [0, 0.05) is 6.61 Å². The molecule has 0 N–H and O–H groups in total. The monoisotopic (exact) mass is 280 g/mol. The van der Waals surface area contributed by atoms with Crippen LogP contribution < -0.4 is 0 Å². The summed E-state index contributed by atoms with van der Waals surface area (Å²) in [6.07, 6.45) is 0.940. The molecular weight excluding hydrogens is 260 g/mol. The molecule has 0 atom stereocenters. The average molecular weight is 280 g/mol. The molecule has 0 radical (unpaired) electrons. The molecule has 5 heteroatoms. The van der Waals surface area contributed by atoms with E-state index in [0.29, 0.717) is 26.1 Å². The Balaban J connectivity index is 2.27. The quantitative estimate of drug-likeness (QED) is 0.414. The number of esters is 2. The van der Waals surface area contributed by atoms with E-state index in [4.69, 9.17) is 4.74 Å². The van der Waals surface area contributed by atoms with Crippen LogP contribution in [0.1, 0.15) is 18.4 Å². The van der Waals surface area contributed by atoms with Crippen molar-refractivity contribution in [1.29, 1.82) is 0 Å². The molecule has 0 saturated carbocycles. The van der Waals surface area contributed by atoms with Crippen LogP contribution in [0.15, 0.2) is 30.3 Å². The van der Waals surface area contributed by atoms with E-state index in [1.54, 1.807) is 0 Å². The summed E-state index contributed by atoms with van der Waals surface area (Å²) in [4.78, 5) is 22.9. The molecule has 110 valence electrons. The fourth-order valence-electron chi connectivity index (χ4n) is 1.77. The van der Waals surface area contributed by atoms with Gasteiger partial charge in [0.05, 0.1) is 20.8 Å². The van der Waals surface area contributed by atoms with Crippen molar-refractivity contribution in [2.24, 2.45) is 5.92 Å². The van der Waals surface area contributed by atoms with E-state index in [0.717, 1.165) is 5.56 Å². The molecule has 0 spiro atoms. The highest BCUT2D eigenvalue weighted by molar-refractivity contribution is 5.94. The van der Waals surface area contributed by atoms with Gasteiger partial charge in [-0.3, -0.25) is 9.59 Å². The maximum atomic E-state index is 11.4. The number of carbonyl (C=O) groups excluding carboxylic acids is 2. The van der Waals surface area contributed by atoms with Crippen LogP contribution in [0, 0.1) is 5.92 Å². The second kappa shape index (κ2) is 9.09. The zero-order chi connectivity index (χ0) is 14.8. The van der Waals surface area contributed by atoms with E-state index < -0.39 is 17.9 Å². The standard InChI is InChI=1S/C15H20O5/c1-18-14(16)13(15(17)19-2)9-6-10-20-11-12-7-4-3-5-8-12/h3-5,7-8,13H,6,9-11H2,1-2H3. The van der Waals surface area contributed by atoms with Gasteiger partial charge in [-0.15, -0.1) is 0 Å². The Morgan fingerprint density at radius 3 is 2.20 bits per heavy atom. The highest BCUT2D eigenvalue weighted by Crippen LogP contribution is 2.11. The van der Waals surface area contributed by atoms with Crippen LogP contribution >= 0.6 is 0 Å². The predicted octanol–water partition coefficient (Wildman–Crippen LogP) is 1.95. The molecule has 1 rings (SSSR count). The van der Waals surface area contributed by atoms with Crippen molar-refractivity contribution in [2.45, 2.75) is 19.4 Å². The first-order chi connectivity index (χ1) is 9.69. The number of rotatable bonds is 8. The van der Waals surface area contributed by atoms with Gasteiger partial charge in [-0.2, -0.15) is 0 Å². The van der Waals surface area contributed by atoms with Crippen LogP contribution in [0.5, 0.6) is 0 Å². The van der Waals surface area contributed by atoms with Gasteiger partial charge in [-0.1, -0.05) is 30.3 Å². The van der Waals surface area contributed by atoms with Crippen molar-refractivity contribution in [2.75, 3.05) is 20.8 Å². The molecule has 20 heavy (non-hydrogen) atoms. The summed E-state index contributed by atoms with van der Waals surface area (Å²) in [5, 5.41) is 0. The van der Waals surface area contributed by atoms with Gasteiger partial charge in [0.25, 0.3) is 0 Å². The molecule has 1 aromatic carbocycles. The molecule has 0 aliphatic carbocycles. The van der Waals surface area contributed by atoms with Gasteiger partial charge in [-0.25, -0.2) is 0 Å². The minimum absolute atomic E-state index is 0.355. The minimum Gasteiger partial charge on any atom is -0.468 e. The van der Waals surface area contributed by atoms with Crippen molar-refractivity contribution in [3.63, 3.8) is 0 Å². The Kier molecular flexibility index (Phi) is 7.35. The zero-order valence-electron chi connectivity index (χ0n) is 11.8. The minimum atomic E-state index is -0.870. The lowest BCUT2D eigenvalue weighted by Gasteiger charge is -2.12. The zero-order valence-corrected chi connectivity index (χ0v) is 11.8. The van der Waals surface area contributed by atoms with Gasteiger partial charge in [-0.05, 0) is 18.4 Å². The molecule has 0 aliphatic rings. The number of benzene rings is 1. The first kappa shape index (κ1) is 16.2. The summed E-state index contributed by atoms with van der Waals surface area (Å²) >= 11 is 0. The number of ether oxygens (including phenoxy) is 3. The molecule has 0 bridgehead atoms. The SMILES string of the molecule is COC(=O)C(CCCOCc1ccccc1)C(=O)OC. The Bertz CT molecular complexity index is 400. The summed E-state index contributed by atoms with van der Waals surface area (Å²) < 4.78 is 14.7. The van der Waals surface area contributed by atoms with E-state index in [1.807, 2.05) is 30.3 Å². The lowest BCUT2D eigenvalue weighted by Crippen LogP contribution is -2.26. The maximum Gasteiger partial charge on any atom is 0.320 e. The Morgan fingerprint density at radius 2 is 1.65 bits per heavy atom. The van der Waals surface area contributed by atoms with E-state index in [9.17, 15) is 9.59 Å². The molecule has 1 aromatic rings. The number of carbonyl (C=O) groups is 2. The topological polar surface area (TPSA) is 61.8 Å². The van der Waals surface area contributed by atoms with Crippen molar-refractivity contribution < 1.29 is 23.8 Å². The molecule has 0 heterocycles. The van der Waals surface area contributed by atoms with Crippen LogP contribution in [-0.2, 0) is 30.4 Å². The highest BCUT2D eigenvalue weighted by atomic mass is 16.5. The van der Waals surface area contributed by atoms with E-state index in [1.165, 1.54) is 14.2 Å². The summed E-state index contributed by atoms with van der Waals surface area (Å²) in [6, 6.07) is 9.80. The van der Waals surface area contributed by atoms with E-state index in [-0.39, 0.29) is 0 Å². The summed E-state index contributed by atoms with van der Waals surface area (Å²) in [5.41, 5.74) is 1.09. The van der Waals surface area contributed by atoms with E-state index >= 15 is 0 Å². The Hall–Kier alpha value is -1.88. The van der Waals surface area contributed by atoms with Crippen LogP contribution in [0.4, 0.5) is 0 Å². The van der Waals surface area contributed by atoms with E-state index in [2.05, 4.69) is 9.47 Å². The summed E-state index contributed by atoms with van der Waals surface area (Å²) in [7, 11) is 2.51. The first-order valence-corrected chi connectivity index (χ1v) is 6.46. The Morgan fingerprint density at radius 1 is 1.05 bits per heavy atom. The molecular formula is C15H20O5. The average Bonchev–Trinajstić information content (AvgIpc) is 2.50. The van der Waals surface area contributed by atoms with Crippen molar-refractivity contribution in [1.82, 2.24) is 0 Å². The van der Waals surface area contributed by atoms with Gasteiger partial charge in [0.1, 0.15) is 0 Å². The normalized spacial score (nSPS) is 10.3. The van der Waals surface area contributed by atoms with Crippen molar-refractivity contribution >= 4 is 11.9 Å². The smallest absolute Gasteiger partial charge is 0.320 e. The van der Waals surface area contributed by atoms with Gasteiger partial charge < -0.3 is 14.2 Å². The molecule has 5 nitrogen and oxygen atoms in total. The number of hydrogen-bond acceptors (Lipinski definition) is 5. The predicted molar refractivity (Wildman–Crippen MR) is 72.9 cm³/mol. The summed E-state index contributed by atoms with van der Waals surface area (Å²) in [6.45, 7) is 0.987. The van der Waals surface area contributed by atoms with Gasteiger partial charge >= 0.3 is 11.9 Å². The molecule has 0 saturated heterocycles. The third kappa shape index (κ3) is 5.40. The molecule has 0 unspecified atom stereocenters. The van der Waals surface area contributed by atoms with Crippen LogP contribution in [0.3, 0.4) is 0 Å². The largest absolute Gasteiger partial charge is 0.468 e. The van der Waals surface area contributed by atoms with Crippen molar-refractivity contribution in [3.05, 3.63) is 35.9 Å². The van der Waals surface area contributed by atoms with Crippen LogP contribution in [-0.4, -0.2) is 32.8 Å². The fraction of sp³-hybridized carbons (Fsp3) is 0.467. The fourth-order valence-corrected chi connectivity index (χ4v) is 1.77. The molecule has 0 aromatic heterocycles. The molecule has 0 aliphatic heterocycles. The lowest BCUT2D eigenvalue weighted by molar-refractivity contribution is -0.159. The Labute approximate surface area is 118 Å². The highest BCUT2D eigenvalue weighted by Gasteiger charge is 2.27. The molecule has 0 amide bonds. The first-order valence-electron chi connectivity index (χ1n) is 6.46.